The Kier molecular flexibility index (Phi) is 4.56. The van der Waals surface area contributed by atoms with Crippen molar-refractivity contribution in [1.29, 1.82) is 0 Å². The van der Waals surface area contributed by atoms with Crippen LogP contribution in [0.4, 0.5) is 0 Å². The van der Waals surface area contributed by atoms with Gasteiger partial charge in [-0.3, -0.25) is 0 Å². The summed E-state index contributed by atoms with van der Waals surface area (Å²) < 4.78 is 26.4. The first-order chi connectivity index (χ1) is 9.87. The van der Waals surface area contributed by atoms with Crippen molar-refractivity contribution in [2.24, 2.45) is 0 Å². The number of hydrogen-bond donors (Lipinski definition) is 3. The highest BCUT2D eigenvalue weighted by Gasteiger charge is 2.16. The van der Waals surface area contributed by atoms with Gasteiger partial charge in [0.2, 0.25) is 0 Å². The monoisotopic (exact) mass is 327 g/mol. The van der Waals surface area contributed by atoms with Crippen molar-refractivity contribution < 1.29 is 18.3 Å². The standard InChI is InChI=1S/C12H13N3O4S2/c1-8-13-7-11(15-8)21(18,19)14-6-10-3-2-9(20-10)4-5-12(16)17/h2-5,7,14H,6H2,1H3,(H,13,15)(H,16,17). The molecule has 0 unspecified atom stereocenters. The van der Waals surface area contributed by atoms with E-state index >= 15 is 0 Å². The van der Waals surface area contributed by atoms with Crippen LogP contribution >= 0.6 is 11.3 Å². The number of hydrogen-bond acceptors (Lipinski definition) is 5. The van der Waals surface area contributed by atoms with Crippen molar-refractivity contribution in [3.8, 4) is 0 Å². The summed E-state index contributed by atoms with van der Waals surface area (Å²) >= 11 is 1.31. The Labute approximate surface area is 125 Å². The van der Waals surface area contributed by atoms with E-state index in [1.807, 2.05) is 0 Å². The molecular formula is C12H13N3O4S2. The van der Waals surface area contributed by atoms with Crippen LogP contribution in [0, 0.1) is 6.92 Å². The first kappa shape index (κ1) is 15.4. The lowest BCUT2D eigenvalue weighted by atomic mass is 10.4. The third kappa shape index (κ3) is 4.25. The van der Waals surface area contributed by atoms with Gasteiger partial charge in [0.15, 0.2) is 5.03 Å². The first-order valence-electron chi connectivity index (χ1n) is 5.88. The van der Waals surface area contributed by atoms with Crippen molar-refractivity contribution >= 4 is 33.4 Å². The molecule has 0 radical (unpaired) electrons. The number of carboxylic acid groups (broad SMARTS) is 1. The Morgan fingerprint density at radius 1 is 1.52 bits per heavy atom. The van der Waals surface area contributed by atoms with Crippen molar-refractivity contribution in [2.45, 2.75) is 18.5 Å². The molecule has 0 spiro atoms. The molecule has 3 N–H and O–H groups in total. The Hall–Kier alpha value is -1.97. The van der Waals surface area contributed by atoms with Gasteiger partial charge in [0.1, 0.15) is 5.82 Å². The summed E-state index contributed by atoms with van der Waals surface area (Å²) in [6.07, 6.45) is 3.75. The maximum Gasteiger partial charge on any atom is 0.328 e. The van der Waals surface area contributed by atoms with Gasteiger partial charge in [-0.2, -0.15) is 0 Å². The van der Waals surface area contributed by atoms with Crippen LogP contribution in [-0.2, 0) is 21.4 Å². The molecule has 0 aliphatic rings. The third-order valence-electron chi connectivity index (χ3n) is 2.48. The summed E-state index contributed by atoms with van der Waals surface area (Å²) in [4.78, 5) is 18.4. The number of aromatic amines is 1. The number of imidazole rings is 1. The third-order valence-corrected chi connectivity index (χ3v) is 4.84. The second-order valence-corrected chi connectivity index (χ2v) is 7.07. The molecule has 0 saturated heterocycles. The summed E-state index contributed by atoms with van der Waals surface area (Å²) in [6.45, 7) is 1.80. The van der Waals surface area contributed by atoms with Crippen molar-refractivity contribution in [2.75, 3.05) is 0 Å². The van der Waals surface area contributed by atoms with Crippen LogP contribution in [0.15, 0.2) is 29.4 Å². The largest absolute Gasteiger partial charge is 0.478 e. The summed E-state index contributed by atoms with van der Waals surface area (Å²) in [7, 11) is -3.63. The number of aryl methyl sites for hydroxylation is 1. The van der Waals surface area contributed by atoms with Gasteiger partial charge in [-0.15, -0.1) is 11.3 Å². The molecule has 2 aromatic heterocycles. The minimum atomic E-state index is -3.63. The van der Waals surface area contributed by atoms with Crippen LogP contribution in [0.5, 0.6) is 0 Å². The zero-order chi connectivity index (χ0) is 15.5. The lowest BCUT2D eigenvalue weighted by Crippen LogP contribution is -2.23. The van der Waals surface area contributed by atoms with Crippen molar-refractivity contribution in [3.05, 3.63) is 40.0 Å². The van der Waals surface area contributed by atoms with Gasteiger partial charge in [0.25, 0.3) is 10.0 Å². The van der Waals surface area contributed by atoms with Gasteiger partial charge >= 0.3 is 5.97 Å². The molecule has 0 aliphatic heterocycles. The van der Waals surface area contributed by atoms with Gasteiger partial charge in [-0.05, 0) is 25.1 Å². The van der Waals surface area contributed by atoms with E-state index in [4.69, 9.17) is 5.11 Å². The highest BCUT2D eigenvalue weighted by atomic mass is 32.2. The molecule has 2 aromatic rings. The number of aromatic nitrogens is 2. The van der Waals surface area contributed by atoms with Crippen LogP contribution < -0.4 is 4.72 Å². The molecule has 0 atom stereocenters. The quantitative estimate of drug-likeness (QED) is 0.693. The van der Waals surface area contributed by atoms with Crippen LogP contribution in [0.3, 0.4) is 0 Å². The average Bonchev–Trinajstić information content (AvgIpc) is 3.03. The number of nitrogens with one attached hydrogen (secondary N) is 2. The van der Waals surface area contributed by atoms with Crippen molar-refractivity contribution in [3.63, 3.8) is 0 Å². The maximum absolute atomic E-state index is 12.0. The van der Waals surface area contributed by atoms with E-state index in [0.29, 0.717) is 5.82 Å². The van der Waals surface area contributed by atoms with Gasteiger partial charge in [-0.1, -0.05) is 0 Å². The summed E-state index contributed by atoms with van der Waals surface area (Å²) in [5, 5.41) is 8.55. The van der Waals surface area contributed by atoms with Gasteiger partial charge in [-0.25, -0.2) is 22.9 Å². The molecule has 0 aromatic carbocycles. The zero-order valence-electron chi connectivity index (χ0n) is 11.0. The molecule has 0 saturated carbocycles. The lowest BCUT2D eigenvalue weighted by molar-refractivity contribution is -0.131. The Morgan fingerprint density at radius 2 is 2.29 bits per heavy atom. The molecule has 0 amide bonds. The van der Waals surface area contributed by atoms with E-state index in [1.165, 1.54) is 23.6 Å². The van der Waals surface area contributed by atoms with Crippen LogP contribution in [0.1, 0.15) is 15.6 Å². The number of sulfonamides is 1. The molecule has 2 heterocycles. The molecule has 0 fully saturated rings. The van der Waals surface area contributed by atoms with E-state index in [1.54, 1.807) is 19.1 Å². The second-order valence-electron chi connectivity index (χ2n) is 4.13. The van der Waals surface area contributed by atoms with Gasteiger partial charge < -0.3 is 10.1 Å². The smallest absolute Gasteiger partial charge is 0.328 e. The van der Waals surface area contributed by atoms with Gasteiger partial charge in [0.05, 0.1) is 6.20 Å². The van der Waals surface area contributed by atoms with E-state index in [2.05, 4.69) is 14.7 Å². The summed E-state index contributed by atoms with van der Waals surface area (Å²) in [5.41, 5.74) is 0. The molecule has 0 aliphatic carbocycles. The van der Waals surface area contributed by atoms with Crippen LogP contribution in [-0.4, -0.2) is 29.5 Å². The molecular weight excluding hydrogens is 314 g/mol. The normalized spacial score (nSPS) is 12.0. The minimum absolute atomic E-state index is 0.0163. The number of carboxylic acids is 1. The SMILES string of the molecule is Cc1ncc(S(=O)(=O)NCc2ccc(C=CC(=O)O)s2)[nH]1. The van der Waals surface area contributed by atoms with Crippen LogP contribution in [0.25, 0.3) is 6.08 Å². The average molecular weight is 327 g/mol. The number of thiophene rings is 1. The Bertz CT molecular complexity index is 774. The molecule has 21 heavy (non-hydrogen) atoms. The number of carbonyl (C=O) groups is 1. The first-order valence-corrected chi connectivity index (χ1v) is 8.18. The molecule has 7 nitrogen and oxygen atoms in total. The highest BCUT2D eigenvalue weighted by Crippen LogP contribution is 2.18. The Morgan fingerprint density at radius 3 is 2.90 bits per heavy atom. The molecule has 0 bridgehead atoms. The fraction of sp³-hybridized carbons (Fsp3) is 0.167. The number of nitrogens with zero attached hydrogens (tertiary/aromatic N) is 1. The summed E-state index contributed by atoms with van der Waals surface area (Å²) in [6, 6.07) is 3.47. The number of rotatable bonds is 6. The zero-order valence-corrected chi connectivity index (χ0v) is 12.7. The molecule has 9 heteroatoms. The van der Waals surface area contributed by atoms with E-state index in [-0.39, 0.29) is 11.6 Å². The molecule has 2 rings (SSSR count). The second kappa shape index (κ2) is 6.20. The highest BCUT2D eigenvalue weighted by molar-refractivity contribution is 7.89. The van der Waals surface area contributed by atoms with Crippen LogP contribution in [0.2, 0.25) is 0 Å². The van der Waals surface area contributed by atoms with Gasteiger partial charge in [0, 0.05) is 22.4 Å². The maximum atomic E-state index is 12.0. The Balaban J connectivity index is 2.01. The lowest BCUT2D eigenvalue weighted by Gasteiger charge is -2.02. The predicted molar refractivity (Wildman–Crippen MR) is 78.3 cm³/mol. The van der Waals surface area contributed by atoms with E-state index < -0.39 is 16.0 Å². The summed E-state index contributed by atoms with van der Waals surface area (Å²) in [5.74, 6) is -0.507. The predicted octanol–water partition coefficient (Wildman–Crippen LogP) is 1.36. The fourth-order valence-electron chi connectivity index (χ4n) is 1.51. The van der Waals surface area contributed by atoms with Crippen molar-refractivity contribution in [1.82, 2.24) is 14.7 Å². The van der Waals surface area contributed by atoms with E-state index in [0.717, 1.165) is 15.8 Å². The number of aliphatic carboxylic acids is 1. The molecule has 112 valence electrons. The van der Waals surface area contributed by atoms with E-state index in [9.17, 15) is 13.2 Å². The number of H-pyrrole nitrogens is 1. The topological polar surface area (TPSA) is 112 Å². The fourth-order valence-corrected chi connectivity index (χ4v) is 3.43. The minimum Gasteiger partial charge on any atom is -0.478 e.